The van der Waals surface area contributed by atoms with Crippen molar-refractivity contribution < 1.29 is 21.3 Å². The summed E-state index contributed by atoms with van der Waals surface area (Å²) in [5, 5.41) is 0. The molecule has 0 bridgehead atoms. The zero-order chi connectivity index (χ0) is 18.3. The van der Waals surface area contributed by atoms with Crippen LogP contribution in [0, 0.1) is 0 Å². The molecule has 0 aliphatic heterocycles. The molecule has 138 valence electrons. The summed E-state index contributed by atoms with van der Waals surface area (Å²) in [5.74, 6) is 0.450. The Hall–Kier alpha value is -1.68. The minimum absolute atomic E-state index is 0.00486. The molecule has 0 unspecified atom stereocenters. The first kappa shape index (κ1) is 19.6. The van der Waals surface area contributed by atoms with Crippen molar-refractivity contribution in [3.8, 4) is 0 Å². The third kappa shape index (κ3) is 6.99. The van der Waals surface area contributed by atoms with Gasteiger partial charge in [-0.25, -0.2) is 21.6 Å². The number of rotatable bonds is 10. The predicted octanol–water partition coefficient (Wildman–Crippen LogP) is 1.20. The zero-order valence-electron chi connectivity index (χ0n) is 14.0. The molecule has 0 fully saturated rings. The summed E-state index contributed by atoms with van der Waals surface area (Å²) in [7, 11) is -6.95. The van der Waals surface area contributed by atoms with Gasteiger partial charge in [-0.2, -0.15) is 4.31 Å². The maximum Gasteiger partial charge on any atom is 0.211 e. The number of aryl methyl sites for hydroxylation is 1. The van der Waals surface area contributed by atoms with E-state index in [2.05, 4.69) is 4.72 Å². The summed E-state index contributed by atoms with van der Waals surface area (Å²) < 4.78 is 56.5. The Bertz CT molecular complexity index is 847. The average molecular weight is 386 g/mol. The van der Waals surface area contributed by atoms with Gasteiger partial charge in [-0.05, 0) is 24.1 Å². The van der Waals surface area contributed by atoms with Crippen LogP contribution in [0.3, 0.4) is 0 Å². The van der Waals surface area contributed by atoms with E-state index in [9.17, 15) is 16.8 Å². The van der Waals surface area contributed by atoms with Crippen LogP contribution >= 0.6 is 0 Å². The Kier molecular flexibility index (Phi) is 6.77. The van der Waals surface area contributed by atoms with Gasteiger partial charge in [-0.3, -0.25) is 0 Å². The fourth-order valence-electron chi connectivity index (χ4n) is 2.23. The monoisotopic (exact) mass is 386 g/mol. The second-order valence-corrected chi connectivity index (χ2v) is 9.53. The second kappa shape index (κ2) is 8.61. The van der Waals surface area contributed by atoms with E-state index in [1.54, 1.807) is 12.1 Å². The van der Waals surface area contributed by atoms with Gasteiger partial charge in [-0.15, -0.1) is 0 Å². The number of sulfonamides is 2. The molecule has 0 atom stereocenters. The summed E-state index contributed by atoms with van der Waals surface area (Å²) in [6, 6.07) is 12.6. The van der Waals surface area contributed by atoms with Crippen LogP contribution in [0.1, 0.15) is 11.3 Å². The van der Waals surface area contributed by atoms with Crippen molar-refractivity contribution in [2.75, 3.05) is 25.1 Å². The van der Waals surface area contributed by atoms with Crippen LogP contribution in [-0.2, 0) is 33.0 Å². The van der Waals surface area contributed by atoms with Gasteiger partial charge in [0, 0.05) is 13.1 Å². The lowest BCUT2D eigenvalue weighted by molar-refractivity contribution is 0.368. The third-order valence-corrected chi connectivity index (χ3v) is 6.20. The van der Waals surface area contributed by atoms with E-state index in [0.29, 0.717) is 12.2 Å². The number of benzene rings is 1. The minimum atomic E-state index is -3.48. The van der Waals surface area contributed by atoms with Gasteiger partial charge < -0.3 is 4.42 Å². The van der Waals surface area contributed by atoms with Gasteiger partial charge in [0.1, 0.15) is 5.76 Å². The standard InChI is InChI=1S/C16H22N2O5S2/c1-24(19,20)18(14-16-8-5-12-23-16)11-10-17-25(21,22)13-9-15-6-3-2-4-7-15/h2-8,12,17H,9-11,13-14H2,1H3. The predicted molar refractivity (Wildman–Crippen MR) is 95.9 cm³/mol. The van der Waals surface area contributed by atoms with Crippen molar-refractivity contribution in [3.63, 3.8) is 0 Å². The van der Waals surface area contributed by atoms with E-state index < -0.39 is 20.0 Å². The van der Waals surface area contributed by atoms with Crippen molar-refractivity contribution in [2.24, 2.45) is 0 Å². The van der Waals surface area contributed by atoms with Crippen LogP contribution in [0.5, 0.6) is 0 Å². The first-order chi connectivity index (χ1) is 11.8. The maximum atomic E-state index is 12.1. The Morgan fingerprint density at radius 3 is 2.36 bits per heavy atom. The molecule has 1 N–H and O–H groups in total. The van der Waals surface area contributed by atoms with Crippen molar-refractivity contribution in [3.05, 3.63) is 60.1 Å². The molecule has 0 radical (unpaired) electrons. The topological polar surface area (TPSA) is 96.7 Å². The van der Waals surface area contributed by atoms with Crippen molar-refractivity contribution >= 4 is 20.0 Å². The summed E-state index contributed by atoms with van der Waals surface area (Å²) in [6.07, 6.45) is 2.94. The van der Waals surface area contributed by atoms with E-state index in [0.717, 1.165) is 11.8 Å². The molecular weight excluding hydrogens is 364 g/mol. The Labute approximate surface area is 148 Å². The maximum absolute atomic E-state index is 12.1. The molecule has 2 aromatic rings. The molecule has 9 heteroatoms. The smallest absolute Gasteiger partial charge is 0.211 e. The van der Waals surface area contributed by atoms with Gasteiger partial charge in [-0.1, -0.05) is 30.3 Å². The molecule has 0 amide bonds. The molecular formula is C16H22N2O5S2. The largest absolute Gasteiger partial charge is 0.468 e. The van der Waals surface area contributed by atoms with Gasteiger partial charge in [0.15, 0.2) is 0 Å². The highest BCUT2D eigenvalue weighted by atomic mass is 32.2. The number of nitrogens with one attached hydrogen (secondary N) is 1. The normalized spacial score (nSPS) is 12.6. The van der Waals surface area contributed by atoms with Crippen molar-refractivity contribution in [1.82, 2.24) is 9.03 Å². The molecule has 0 saturated carbocycles. The third-order valence-electron chi connectivity index (χ3n) is 3.57. The highest BCUT2D eigenvalue weighted by Crippen LogP contribution is 2.08. The van der Waals surface area contributed by atoms with Crippen LogP contribution in [0.25, 0.3) is 0 Å². The molecule has 1 aromatic heterocycles. The lowest BCUT2D eigenvalue weighted by atomic mass is 10.2. The van der Waals surface area contributed by atoms with Gasteiger partial charge in [0.25, 0.3) is 0 Å². The van der Waals surface area contributed by atoms with Gasteiger partial charge >= 0.3 is 0 Å². The highest BCUT2D eigenvalue weighted by molar-refractivity contribution is 7.89. The Morgan fingerprint density at radius 2 is 1.76 bits per heavy atom. The Morgan fingerprint density at radius 1 is 1.04 bits per heavy atom. The molecule has 1 heterocycles. The molecule has 25 heavy (non-hydrogen) atoms. The summed E-state index contributed by atoms with van der Waals surface area (Å²) in [5.41, 5.74) is 0.934. The van der Waals surface area contributed by atoms with E-state index in [1.807, 2.05) is 30.3 Å². The molecule has 0 aliphatic carbocycles. The molecule has 2 rings (SSSR count). The van der Waals surface area contributed by atoms with Gasteiger partial charge in [0.2, 0.25) is 20.0 Å². The van der Waals surface area contributed by atoms with E-state index in [1.165, 1.54) is 10.6 Å². The quantitative estimate of drug-likeness (QED) is 0.662. The first-order valence-corrected chi connectivity index (χ1v) is 11.2. The summed E-state index contributed by atoms with van der Waals surface area (Å²) in [6.45, 7) is 0.104. The molecule has 0 spiro atoms. The minimum Gasteiger partial charge on any atom is -0.468 e. The average Bonchev–Trinajstić information content (AvgIpc) is 3.05. The lowest BCUT2D eigenvalue weighted by Crippen LogP contribution is -2.38. The Balaban J connectivity index is 1.85. The fourth-order valence-corrected chi connectivity index (χ4v) is 4.07. The number of furan rings is 1. The van der Waals surface area contributed by atoms with Gasteiger partial charge in [0.05, 0.1) is 24.8 Å². The number of hydrogen-bond donors (Lipinski definition) is 1. The number of nitrogens with zero attached hydrogens (tertiary/aromatic N) is 1. The van der Waals surface area contributed by atoms with Crippen LogP contribution in [-0.4, -0.2) is 46.2 Å². The van der Waals surface area contributed by atoms with E-state index >= 15 is 0 Å². The van der Waals surface area contributed by atoms with Crippen LogP contribution in [0.2, 0.25) is 0 Å². The molecule has 1 aromatic carbocycles. The summed E-state index contributed by atoms with van der Waals surface area (Å²) >= 11 is 0. The lowest BCUT2D eigenvalue weighted by Gasteiger charge is -2.19. The molecule has 7 nitrogen and oxygen atoms in total. The number of hydrogen-bond acceptors (Lipinski definition) is 5. The molecule has 0 saturated heterocycles. The van der Waals surface area contributed by atoms with E-state index in [-0.39, 0.29) is 25.4 Å². The zero-order valence-corrected chi connectivity index (χ0v) is 15.6. The van der Waals surface area contributed by atoms with Crippen LogP contribution in [0.4, 0.5) is 0 Å². The van der Waals surface area contributed by atoms with Crippen molar-refractivity contribution in [2.45, 2.75) is 13.0 Å². The van der Waals surface area contributed by atoms with E-state index in [4.69, 9.17) is 4.42 Å². The highest BCUT2D eigenvalue weighted by Gasteiger charge is 2.19. The first-order valence-electron chi connectivity index (χ1n) is 7.75. The summed E-state index contributed by atoms with van der Waals surface area (Å²) in [4.78, 5) is 0. The second-order valence-electron chi connectivity index (χ2n) is 5.62. The SMILES string of the molecule is CS(=O)(=O)N(CCNS(=O)(=O)CCc1ccccc1)Cc1ccco1. The molecule has 0 aliphatic rings. The van der Waals surface area contributed by atoms with Crippen molar-refractivity contribution in [1.29, 1.82) is 0 Å². The van der Waals surface area contributed by atoms with Crippen LogP contribution in [0.15, 0.2) is 53.1 Å². The van der Waals surface area contributed by atoms with Crippen LogP contribution < -0.4 is 4.72 Å². The fraction of sp³-hybridized carbons (Fsp3) is 0.375.